The van der Waals surface area contributed by atoms with E-state index in [4.69, 9.17) is 4.74 Å². The molecule has 1 N–H and O–H groups in total. The lowest BCUT2D eigenvalue weighted by Gasteiger charge is -2.18. The molecule has 1 aromatic carbocycles. The summed E-state index contributed by atoms with van der Waals surface area (Å²) in [4.78, 5) is 0. The predicted octanol–water partition coefficient (Wildman–Crippen LogP) is 3.33. The van der Waals surface area contributed by atoms with E-state index >= 15 is 0 Å². The summed E-state index contributed by atoms with van der Waals surface area (Å²) in [5.41, 5.74) is 0.958. The molecule has 0 aliphatic carbocycles. The molecule has 90 valence electrons. The molecule has 4 heteroatoms. The van der Waals surface area contributed by atoms with Crippen LogP contribution >= 0.6 is 38.5 Å². The molecule has 0 saturated heterocycles. The third-order valence-corrected chi connectivity index (χ3v) is 3.58. The molecular formula is C12H16BrIO2. The lowest BCUT2D eigenvalue weighted by molar-refractivity contribution is 0.0366. The van der Waals surface area contributed by atoms with Gasteiger partial charge in [-0.05, 0) is 5.56 Å². The fourth-order valence-electron chi connectivity index (χ4n) is 1.45. The monoisotopic (exact) mass is 398 g/mol. The van der Waals surface area contributed by atoms with Crippen LogP contribution in [0.15, 0.2) is 30.3 Å². The van der Waals surface area contributed by atoms with Crippen LogP contribution in [0.4, 0.5) is 0 Å². The third kappa shape index (κ3) is 5.12. The van der Waals surface area contributed by atoms with Crippen molar-refractivity contribution in [3.8, 4) is 0 Å². The first-order valence-corrected chi connectivity index (χ1v) is 7.89. The average Bonchev–Trinajstić information content (AvgIpc) is 2.35. The first-order chi connectivity index (χ1) is 7.77. The molecule has 2 atom stereocenters. The topological polar surface area (TPSA) is 29.5 Å². The summed E-state index contributed by atoms with van der Waals surface area (Å²) in [6, 6.07) is 9.72. The minimum absolute atomic E-state index is 0.119. The van der Waals surface area contributed by atoms with E-state index in [-0.39, 0.29) is 6.10 Å². The normalized spacial score (nSPS) is 14.7. The van der Waals surface area contributed by atoms with Gasteiger partial charge in [-0.25, -0.2) is 0 Å². The number of benzene rings is 1. The first-order valence-electron chi connectivity index (χ1n) is 5.24. The van der Waals surface area contributed by atoms with Crippen molar-refractivity contribution in [3.05, 3.63) is 35.9 Å². The maximum atomic E-state index is 10.0. The summed E-state index contributed by atoms with van der Waals surface area (Å²) in [5, 5.41) is 10.9. The number of alkyl halides is 2. The van der Waals surface area contributed by atoms with Crippen molar-refractivity contribution in [2.45, 2.75) is 18.6 Å². The van der Waals surface area contributed by atoms with Crippen LogP contribution in [0.3, 0.4) is 0 Å². The van der Waals surface area contributed by atoms with E-state index in [0.717, 1.165) is 15.3 Å². The van der Waals surface area contributed by atoms with E-state index in [9.17, 15) is 5.11 Å². The summed E-state index contributed by atoms with van der Waals surface area (Å²) >= 11 is 5.62. The Labute approximate surface area is 119 Å². The van der Waals surface area contributed by atoms with Gasteiger partial charge in [0.25, 0.3) is 0 Å². The summed E-state index contributed by atoms with van der Waals surface area (Å²) < 4.78 is 6.52. The van der Waals surface area contributed by atoms with E-state index in [2.05, 4.69) is 38.5 Å². The molecule has 0 aromatic heterocycles. The number of hydrogen-bond acceptors (Lipinski definition) is 2. The van der Waals surface area contributed by atoms with Crippen molar-refractivity contribution < 1.29 is 9.84 Å². The Kier molecular flexibility index (Phi) is 7.60. The van der Waals surface area contributed by atoms with Crippen LogP contribution in [-0.2, 0) is 4.74 Å². The summed E-state index contributed by atoms with van der Waals surface area (Å²) in [5.74, 6) is 0. The summed E-state index contributed by atoms with van der Waals surface area (Å²) in [7, 11) is 0. The van der Waals surface area contributed by atoms with Crippen LogP contribution in [0.25, 0.3) is 0 Å². The molecule has 16 heavy (non-hydrogen) atoms. The third-order valence-electron chi connectivity index (χ3n) is 2.27. The van der Waals surface area contributed by atoms with Gasteiger partial charge in [-0.15, -0.1) is 0 Å². The van der Waals surface area contributed by atoms with Gasteiger partial charge >= 0.3 is 0 Å². The van der Waals surface area contributed by atoms with E-state index in [1.165, 1.54) is 0 Å². The van der Waals surface area contributed by atoms with Gasteiger partial charge in [0, 0.05) is 16.2 Å². The fraction of sp³-hybridized carbons (Fsp3) is 0.500. The second kappa shape index (κ2) is 8.44. The van der Waals surface area contributed by atoms with E-state index in [1.807, 2.05) is 30.3 Å². The lowest BCUT2D eigenvalue weighted by Crippen LogP contribution is -2.19. The van der Waals surface area contributed by atoms with Crippen molar-refractivity contribution in [2.24, 2.45) is 0 Å². The Morgan fingerprint density at radius 1 is 1.31 bits per heavy atom. The molecule has 0 saturated carbocycles. The molecule has 0 spiro atoms. The molecule has 0 fully saturated rings. The zero-order chi connectivity index (χ0) is 11.8. The lowest BCUT2D eigenvalue weighted by atomic mass is 10.0. The predicted molar refractivity (Wildman–Crippen MR) is 78.4 cm³/mol. The van der Waals surface area contributed by atoms with Gasteiger partial charge in [0.15, 0.2) is 0 Å². The highest BCUT2D eigenvalue weighted by atomic mass is 127. The Morgan fingerprint density at radius 2 is 2.00 bits per heavy atom. The minimum Gasteiger partial charge on any atom is -0.388 e. The zero-order valence-electron chi connectivity index (χ0n) is 8.98. The first kappa shape index (κ1) is 14.4. The number of ether oxygens (including phenoxy) is 1. The number of aliphatic hydroxyl groups is 1. The Morgan fingerprint density at radius 3 is 2.56 bits per heavy atom. The molecule has 1 aromatic rings. The average molecular weight is 399 g/mol. The molecule has 0 heterocycles. The number of aliphatic hydroxyl groups excluding tert-OH is 1. The van der Waals surface area contributed by atoms with E-state index < -0.39 is 6.10 Å². The second-order valence-corrected chi connectivity index (χ2v) is 5.17. The van der Waals surface area contributed by atoms with Gasteiger partial charge in [-0.3, -0.25) is 0 Å². The van der Waals surface area contributed by atoms with Crippen LogP contribution in [0.2, 0.25) is 0 Å². The van der Waals surface area contributed by atoms with Crippen LogP contribution in [0, 0.1) is 0 Å². The number of rotatable bonds is 7. The highest BCUT2D eigenvalue weighted by Gasteiger charge is 2.15. The van der Waals surface area contributed by atoms with E-state index in [1.54, 1.807) is 0 Å². The van der Waals surface area contributed by atoms with E-state index in [0.29, 0.717) is 13.0 Å². The van der Waals surface area contributed by atoms with Crippen LogP contribution in [0.5, 0.6) is 0 Å². The van der Waals surface area contributed by atoms with Crippen LogP contribution in [0.1, 0.15) is 18.1 Å². The van der Waals surface area contributed by atoms with Gasteiger partial charge in [-0.1, -0.05) is 68.9 Å². The van der Waals surface area contributed by atoms with Crippen molar-refractivity contribution in [3.63, 3.8) is 0 Å². The van der Waals surface area contributed by atoms with Gasteiger partial charge < -0.3 is 9.84 Å². The Balaban J connectivity index is 2.45. The molecule has 2 nitrogen and oxygen atoms in total. The summed E-state index contributed by atoms with van der Waals surface area (Å²) in [6.45, 7) is 0.690. The molecule has 0 bridgehead atoms. The minimum atomic E-state index is -0.434. The quantitative estimate of drug-likeness (QED) is 0.563. The Hall–Kier alpha value is 0.350. The van der Waals surface area contributed by atoms with Crippen molar-refractivity contribution in [2.75, 3.05) is 16.4 Å². The molecule has 0 aliphatic rings. The molecule has 0 radical (unpaired) electrons. The standard InChI is InChI=1S/C12H16BrIO2/c13-6-7-16-11(9-14)8-12(15)10-4-2-1-3-5-10/h1-5,11-12,15H,6-9H2/t11-,12+/m1/s1. The summed E-state index contributed by atoms with van der Waals surface area (Å²) in [6.07, 6.45) is 0.338. The van der Waals surface area contributed by atoms with Gasteiger partial charge in [0.1, 0.15) is 0 Å². The number of hydrogen-bond donors (Lipinski definition) is 1. The largest absolute Gasteiger partial charge is 0.388 e. The highest BCUT2D eigenvalue weighted by Crippen LogP contribution is 2.20. The second-order valence-electron chi connectivity index (χ2n) is 3.50. The molecule has 1 rings (SSSR count). The molecule has 0 unspecified atom stereocenters. The van der Waals surface area contributed by atoms with Gasteiger partial charge in [0.2, 0.25) is 0 Å². The SMILES string of the molecule is O[C@@H](C[C@H](CI)OCCBr)c1ccccc1. The smallest absolute Gasteiger partial charge is 0.0815 e. The zero-order valence-corrected chi connectivity index (χ0v) is 12.7. The van der Waals surface area contributed by atoms with Gasteiger partial charge in [-0.2, -0.15) is 0 Å². The van der Waals surface area contributed by atoms with Crippen LogP contribution in [-0.4, -0.2) is 27.6 Å². The maximum Gasteiger partial charge on any atom is 0.0815 e. The van der Waals surface area contributed by atoms with Crippen molar-refractivity contribution >= 4 is 38.5 Å². The van der Waals surface area contributed by atoms with Gasteiger partial charge in [0.05, 0.1) is 18.8 Å². The maximum absolute atomic E-state index is 10.0. The molecule has 0 amide bonds. The Bertz CT molecular complexity index is 282. The van der Waals surface area contributed by atoms with Crippen LogP contribution < -0.4 is 0 Å². The number of halogens is 2. The van der Waals surface area contributed by atoms with Crippen molar-refractivity contribution in [1.82, 2.24) is 0 Å². The highest BCUT2D eigenvalue weighted by molar-refractivity contribution is 14.1. The molecule has 0 aliphatic heterocycles. The fourth-order valence-corrected chi connectivity index (χ4v) is 2.25. The van der Waals surface area contributed by atoms with Crippen molar-refractivity contribution in [1.29, 1.82) is 0 Å². The molecular weight excluding hydrogens is 383 g/mol.